The maximum atomic E-state index is 9.22. The summed E-state index contributed by atoms with van der Waals surface area (Å²) in [5.41, 5.74) is 2.00. The molecule has 1 fully saturated rings. The van der Waals surface area contributed by atoms with Gasteiger partial charge in [0.1, 0.15) is 0 Å². The van der Waals surface area contributed by atoms with E-state index in [4.69, 9.17) is 16.3 Å². The molecule has 19 heavy (non-hydrogen) atoms. The summed E-state index contributed by atoms with van der Waals surface area (Å²) in [5.74, 6) is 0. The van der Waals surface area contributed by atoms with Gasteiger partial charge in [-0.3, -0.25) is 4.98 Å². The Hall–Kier alpha value is -1.36. The van der Waals surface area contributed by atoms with Crippen molar-refractivity contribution in [1.29, 1.82) is 0 Å². The third kappa shape index (κ3) is 2.52. The SMILES string of the molecule is OCC1CN(c2ccnc3cc(Cl)ccc23)CCO1. The van der Waals surface area contributed by atoms with Gasteiger partial charge in [0.05, 0.1) is 24.8 Å². The quantitative estimate of drug-likeness (QED) is 0.914. The zero-order valence-electron chi connectivity index (χ0n) is 10.4. The Morgan fingerprint density at radius 3 is 3.16 bits per heavy atom. The molecule has 100 valence electrons. The van der Waals surface area contributed by atoms with Crippen LogP contribution in [0.15, 0.2) is 30.5 Å². The van der Waals surface area contributed by atoms with Crippen LogP contribution in [-0.4, -0.2) is 42.5 Å². The predicted molar refractivity (Wildman–Crippen MR) is 75.8 cm³/mol. The first-order valence-corrected chi connectivity index (χ1v) is 6.67. The molecule has 0 saturated carbocycles. The summed E-state index contributed by atoms with van der Waals surface area (Å²) >= 11 is 6.00. The molecule has 2 heterocycles. The molecule has 0 radical (unpaired) electrons. The van der Waals surface area contributed by atoms with Gasteiger partial charge in [-0.25, -0.2) is 0 Å². The molecular formula is C14H15ClN2O2. The Morgan fingerprint density at radius 1 is 1.42 bits per heavy atom. The standard InChI is InChI=1S/C14H15ClN2O2/c15-10-1-2-12-13(7-10)16-4-3-14(12)17-5-6-19-11(8-17)9-18/h1-4,7,11,18H,5-6,8-9H2. The number of hydrogen-bond donors (Lipinski definition) is 1. The highest BCUT2D eigenvalue weighted by atomic mass is 35.5. The van der Waals surface area contributed by atoms with Crippen LogP contribution in [0.3, 0.4) is 0 Å². The van der Waals surface area contributed by atoms with Crippen LogP contribution in [0.1, 0.15) is 0 Å². The number of aromatic nitrogens is 1. The van der Waals surface area contributed by atoms with E-state index < -0.39 is 0 Å². The number of rotatable bonds is 2. The number of halogens is 1. The van der Waals surface area contributed by atoms with E-state index >= 15 is 0 Å². The zero-order chi connectivity index (χ0) is 13.2. The summed E-state index contributed by atoms with van der Waals surface area (Å²) in [6, 6.07) is 7.73. The molecule has 1 N–H and O–H groups in total. The third-order valence-corrected chi connectivity index (χ3v) is 3.60. The molecule has 4 nitrogen and oxygen atoms in total. The van der Waals surface area contributed by atoms with E-state index in [1.807, 2.05) is 24.3 Å². The van der Waals surface area contributed by atoms with Crippen molar-refractivity contribution in [1.82, 2.24) is 4.98 Å². The van der Waals surface area contributed by atoms with Gasteiger partial charge in [0.25, 0.3) is 0 Å². The summed E-state index contributed by atoms with van der Waals surface area (Å²) in [7, 11) is 0. The Kier molecular flexibility index (Phi) is 3.55. The molecule has 1 aliphatic rings. The minimum Gasteiger partial charge on any atom is -0.394 e. The highest BCUT2D eigenvalue weighted by Crippen LogP contribution is 2.28. The van der Waals surface area contributed by atoms with Crippen LogP contribution in [0, 0.1) is 0 Å². The van der Waals surface area contributed by atoms with Crippen molar-refractivity contribution >= 4 is 28.2 Å². The van der Waals surface area contributed by atoms with Gasteiger partial charge in [0.15, 0.2) is 0 Å². The second-order valence-electron chi connectivity index (χ2n) is 4.61. The van der Waals surface area contributed by atoms with Crippen LogP contribution in [0.25, 0.3) is 10.9 Å². The molecule has 2 aromatic rings. The van der Waals surface area contributed by atoms with Crippen molar-refractivity contribution in [2.24, 2.45) is 0 Å². The topological polar surface area (TPSA) is 45.6 Å². The van der Waals surface area contributed by atoms with E-state index in [2.05, 4.69) is 9.88 Å². The van der Waals surface area contributed by atoms with Crippen LogP contribution < -0.4 is 4.90 Å². The second kappa shape index (κ2) is 5.33. The lowest BCUT2D eigenvalue weighted by molar-refractivity contribution is 0.00364. The first kappa shape index (κ1) is 12.7. The Morgan fingerprint density at radius 2 is 2.32 bits per heavy atom. The van der Waals surface area contributed by atoms with Crippen LogP contribution in [0.2, 0.25) is 5.02 Å². The number of anilines is 1. The van der Waals surface area contributed by atoms with Crippen molar-refractivity contribution in [2.75, 3.05) is 31.2 Å². The summed E-state index contributed by atoms with van der Waals surface area (Å²) in [4.78, 5) is 6.57. The molecule has 1 aliphatic heterocycles. The average molecular weight is 279 g/mol. The van der Waals surface area contributed by atoms with E-state index in [9.17, 15) is 5.11 Å². The van der Waals surface area contributed by atoms with Crippen molar-refractivity contribution in [2.45, 2.75) is 6.10 Å². The second-order valence-corrected chi connectivity index (χ2v) is 5.05. The minimum absolute atomic E-state index is 0.0470. The molecule has 0 aliphatic carbocycles. The first-order chi connectivity index (χ1) is 9.28. The lowest BCUT2D eigenvalue weighted by Gasteiger charge is -2.34. The van der Waals surface area contributed by atoms with Crippen molar-refractivity contribution in [3.63, 3.8) is 0 Å². The summed E-state index contributed by atoms with van der Waals surface area (Å²) in [6.07, 6.45) is 1.67. The molecule has 0 amide bonds. The summed E-state index contributed by atoms with van der Waals surface area (Å²) < 4.78 is 5.48. The number of nitrogens with zero attached hydrogens (tertiary/aromatic N) is 2. The molecule has 5 heteroatoms. The maximum absolute atomic E-state index is 9.22. The Balaban J connectivity index is 2.00. The number of morpholine rings is 1. The highest BCUT2D eigenvalue weighted by Gasteiger charge is 2.21. The maximum Gasteiger partial charge on any atom is 0.0980 e. The van der Waals surface area contributed by atoms with Crippen LogP contribution >= 0.6 is 11.6 Å². The Labute approximate surface area is 116 Å². The van der Waals surface area contributed by atoms with Crippen molar-refractivity contribution < 1.29 is 9.84 Å². The smallest absolute Gasteiger partial charge is 0.0980 e. The fraction of sp³-hybridized carbons (Fsp3) is 0.357. The third-order valence-electron chi connectivity index (χ3n) is 3.36. The fourth-order valence-corrected chi connectivity index (χ4v) is 2.60. The number of hydrogen-bond acceptors (Lipinski definition) is 4. The van der Waals surface area contributed by atoms with E-state index in [1.54, 1.807) is 6.20 Å². The molecule has 1 atom stereocenters. The van der Waals surface area contributed by atoms with Gasteiger partial charge < -0.3 is 14.7 Å². The lowest BCUT2D eigenvalue weighted by Crippen LogP contribution is -2.44. The van der Waals surface area contributed by atoms with Crippen LogP contribution in [0.4, 0.5) is 5.69 Å². The van der Waals surface area contributed by atoms with Gasteiger partial charge in [-0.2, -0.15) is 0 Å². The minimum atomic E-state index is -0.121. The van der Waals surface area contributed by atoms with Crippen LogP contribution in [-0.2, 0) is 4.74 Å². The van der Waals surface area contributed by atoms with Gasteiger partial charge >= 0.3 is 0 Å². The summed E-state index contributed by atoms with van der Waals surface area (Å²) in [5, 5.41) is 11.0. The molecule has 0 bridgehead atoms. The largest absolute Gasteiger partial charge is 0.394 e. The molecule has 1 aromatic heterocycles. The Bertz CT molecular complexity index is 591. The van der Waals surface area contributed by atoms with E-state index in [-0.39, 0.29) is 12.7 Å². The highest BCUT2D eigenvalue weighted by molar-refractivity contribution is 6.31. The molecule has 1 aromatic carbocycles. The number of pyridine rings is 1. The normalized spacial score (nSPS) is 19.9. The fourth-order valence-electron chi connectivity index (χ4n) is 2.43. The predicted octanol–water partition coefficient (Wildman–Crippen LogP) is 2.09. The van der Waals surface area contributed by atoms with Crippen molar-refractivity contribution in [3.8, 4) is 0 Å². The first-order valence-electron chi connectivity index (χ1n) is 6.29. The van der Waals surface area contributed by atoms with Crippen LogP contribution in [0.5, 0.6) is 0 Å². The number of aliphatic hydroxyl groups excluding tert-OH is 1. The number of fused-ring (bicyclic) bond motifs is 1. The van der Waals surface area contributed by atoms with E-state index in [0.29, 0.717) is 18.2 Å². The van der Waals surface area contributed by atoms with Gasteiger partial charge in [-0.15, -0.1) is 0 Å². The van der Waals surface area contributed by atoms with Gasteiger partial charge in [0.2, 0.25) is 0 Å². The van der Waals surface area contributed by atoms with Gasteiger partial charge in [0, 0.05) is 35.4 Å². The molecule has 1 saturated heterocycles. The number of ether oxygens (including phenoxy) is 1. The van der Waals surface area contributed by atoms with E-state index in [0.717, 1.165) is 23.1 Å². The number of aliphatic hydroxyl groups is 1. The lowest BCUT2D eigenvalue weighted by atomic mass is 10.1. The zero-order valence-corrected chi connectivity index (χ0v) is 11.2. The molecular weight excluding hydrogens is 264 g/mol. The molecule has 3 rings (SSSR count). The van der Waals surface area contributed by atoms with Gasteiger partial charge in [-0.05, 0) is 24.3 Å². The van der Waals surface area contributed by atoms with Gasteiger partial charge in [-0.1, -0.05) is 11.6 Å². The van der Waals surface area contributed by atoms with Crippen molar-refractivity contribution in [3.05, 3.63) is 35.5 Å². The average Bonchev–Trinajstić information content (AvgIpc) is 2.46. The number of benzene rings is 1. The molecule has 0 spiro atoms. The van der Waals surface area contributed by atoms with E-state index in [1.165, 1.54) is 0 Å². The summed E-state index contributed by atoms with van der Waals surface area (Å²) in [6.45, 7) is 2.18. The molecule has 1 unspecified atom stereocenters. The monoisotopic (exact) mass is 278 g/mol.